The van der Waals surface area contributed by atoms with Crippen LogP contribution in [0, 0.1) is 6.92 Å². The molecule has 0 amide bonds. The number of fused-ring (bicyclic) bond motifs is 1. The average Bonchev–Trinajstić information content (AvgIpc) is 2.95. The first kappa shape index (κ1) is 10.5. The molecular formula is C12H14N2O3. The second-order valence-electron chi connectivity index (χ2n) is 4.19. The van der Waals surface area contributed by atoms with Crippen molar-refractivity contribution in [2.45, 2.75) is 32.0 Å². The van der Waals surface area contributed by atoms with Crippen LogP contribution in [0.25, 0.3) is 0 Å². The van der Waals surface area contributed by atoms with Crippen LogP contribution in [-0.4, -0.2) is 22.9 Å². The highest BCUT2D eigenvalue weighted by molar-refractivity contribution is 5.37. The third-order valence-electron chi connectivity index (χ3n) is 2.84. The van der Waals surface area contributed by atoms with Crippen molar-refractivity contribution in [2.24, 2.45) is 0 Å². The monoisotopic (exact) mass is 234 g/mol. The number of hydrogen-bond donors (Lipinski definition) is 0. The second-order valence-corrected chi connectivity index (χ2v) is 4.19. The largest absolute Gasteiger partial charge is 0.495 e. The fourth-order valence-electron chi connectivity index (χ4n) is 1.96. The minimum absolute atomic E-state index is 0.112. The zero-order valence-electron chi connectivity index (χ0n) is 9.84. The Bertz CT molecular complexity index is 492. The van der Waals surface area contributed by atoms with Crippen molar-refractivity contribution >= 4 is 0 Å². The van der Waals surface area contributed by atoms with E-state index in [9.17, 15) is 0 Å². The number of nitrogens with zero attached hydrogens (tertiary/aromatic N) is 2. The molecule has 1 aromatic rings. The number of allylic oxidation sites excluding steroid dienone is 2. The molecule has 0 spiro atoms. The Morgan fingerprint density at radius 1 is 1.47 bits per heavy atom. The van der Waals surface area contributed by atoms with Gasteiger partial charge in [-0.25, -0.2) is 0 Å². The lowest BCUT2D eigenvalue weighted by molar-refractivity contribution is 0.187. The molecule has 5 nitrogen and oxygen atoms in total. The summed E-state index contributed by atoms with van der Waals surface area (Å²) < 4.78 is 16.8. The quantitative estimate of drug-likeness (QED) is 0.744. The lowest BCUT2D eigenvalue weighted by atomic mass is 9.99. The van der Waals surface area contributed by atoms with Gasteiger partial charge >= 0.3 is 0 Å². The standard InChI is InChI=1S/C12H14N2O3/c1-3-7-15-9-5-4-6-12(10(9)17-12)11-14-13-8(2)16-11/h4-6,10H,3,7H2,1-2H3. The maximum absolute atomic E-state index is 5.70. The van der Waals surface area contributed by atoms with Crippen LogP contribution in [-0.2, 0) is 15.1 Å². The van der Waals surface area contributed by atoms with Gasteiger partial charge in [-0.15, -0.1) is 10.2 Å². The molecule has 90 valence electrons. The van der Waals surface area contributed by atoms with Crippen molar-refractivity contribution in [3.05, 3.63) is 35.8 Å². The molecule has 2 aliphatic rings. The van der Waals surface area contributed by atoms with Gasteiger partial charge in [0.25, 0.3) is 5.89 Å². The molecule has 1 fully saturated rings. The summed E-state index contributed by atoms with van der Waals surface area (Å²) in [6.45, 7) is 4.53. The van der Waals surface area contributed by atoms with Crippen molar-refractivity contribution in [3.63, 3.8) is 0 Å². The summed E-state index contributed by atoms with van der Waals surface area (Å²) >= 11 is 0. The van der Waals surface area contributed by atoms with Gasteiger partial charge in [0.2, 0.25) is 5.89 Å². The molecular weight excluding hydrogens is 220 g/mol. The zero-order chi connectivity index (χ0) is 11.9. The summed E-state index contributed by atoms with van der Waals surface area (Å²) in [7, 11) is 0. The van der Waals surface area contributed by atoms with Crippen LogP contribution in [0.1, 0.15) is 25.1 Å². The highest BCUT2D eigenvalue weighted by atomic mass is 16.6. The predicted molar refractivity (Wildman–Crippen MR) is 59.1 cm³/mol. The maximum Gasteiger partial charge on any atom is 0.255 e. The maximum atomic E-state index is 5.70. The Balaban J connectivity index is 1.82. The number of ether oxygens (including phenoxy) is 2. The first-order chi connectivity index (χ1) is 8.26. The van der Waals surface area contributed by atoms with Crippen LogP contribution in [0.3, 0.4) is 0 Å². The fourth-order valence-corrected chi connectivity index (χ4v) is 1.96. The number of aryl methyl sites for hydroxylation is 1. The molecule has 2 heterocycles. The van der Waals surface area contributed by atoms with Crippen LogP contribution in [0.4, 0.5) is 0 Å². The van der Waals surface area contributed by atoms with Gasteiger partial charge in [-0.1, -0.05) is 13.0 Å². The molecule has 0 bridgehead atoms. The summed E-state index contributed by atoms with van der Waals surface area (Å²) in [5.74, 6) is 1.88. The summed E-state index contributed by atoms with van der Waals surface area (Å²) in [4.78, 5) is 0. The number of aromatic nitrogens is 2. The molecule has 2 unspecified atom stereocenters. The molecule has 17 heavy (non-hydrogen) atoms. The topological polar surface area (TPSA) is 60.7 Å². The van der Waals surface area contributed by atoms with Gasteiger partial charge in [0.05, 0.1) is 6.61 Å². The third-order valence-corrected chi connectivity index (χ3v) is 2.84. The number of epoxide rings is 1. The van der Waals surface area contributed by atoms with E-state index in [0.29, 0.717) is 18.4 Å². The smallest absolute Gasteiger partial charge is 0.255 e. The van der Waals surface area contributed by atoms with E-state index in [1.807, 2.05) is 18.2 Å². The molecule has 0 saturated carbocycles. The van der Waals surface area contributed by atoms with E-state index in [2.05, 4.69) is 17.1 Å². The second kappa shape index (κ2) is 3.70. The van der Waals surface area contributed by atoms with Gasteiger partial charge in [0.1, 0.15) is 5.76 Å². The Kier molecular flexibility index (Phi) is 2.29. The normalized spacial score (nSPS) is 29.8. The van der Waals surface area contributed by atoms with Gasteiger partial charge in [0, 0.05) is 6.92 Å². The molecule has 1 saturated heterocycles. The molecule has 2 atom stereocenters. The first-order valence-corrected chi connectivity index (χ1v) is 5.77. The van der Waals surface area contributed by atoms with Crippen LogP contribution in [0.15, 0.2) is 28.4 Å². The van der Waals surface area contributed by atoms with Gasteiger partial charge in [0.15, 0.2) is 11.7 Å². The van der Waals surface area contributed by atoms with E-state index in [1.165, 1.54) is 0 Å². The zero-order valence-corrected chi connectivity index (χ0v) is 9.84. The van der Waals surface area contributed by atoms with Crippen LogP contribution < -0.4 is 0 Å². The van der Waals surface area contributed by atoms with E-state index >= 15 is 0 Å². The Hall–Kier alpha value is -1.62. The van der Waals surface area contributed by atoms with Crippen LogP contribution >= 0.6 is 0 Å². The van der Waals surface area contributed by atoms with Crippen molar-refractivity contribution in [1.82, 2.24) is 10.2 Å². The summed E-state index contributed by atoms with van der Waals surface area (Å²) in [5, 5.41) is 7.85. The average molecular weight is 234 g/mol. The predicted octanol–water partition coefficient (Wildman–Crippen LogP) is 1.85. The summed E-state index contributed by atoms with van der Waals surface area (Å²) in [6, 6.07) is 0. The summed E-state index contributed by atoms with van der Waals surface area (Å²) in [6.07, 6.45) is 6.63. The molecule has 3 rings (SSSR count). The lowest BCUT2D eigenvalue weighted by Gasteiger charge is -2.11. The Labute approximate surface area is 99.1 Å². The van der Waals surface area contributed by atoms with Crippen molar-refractivity contribution in [3.8, 4) is 0 Å². The minimum atomic E-state index is -0.584. The minimum Gasteiger partial charge on any atom is -0.495 e. The van der Waals surface area contributed by atoms with E-state index < -0.39 is 5.60 Å². The van der Waals surface area contributed by atoms with E-state index in [-0.39, 0.29) is 6.10 Å². The lowest BCUT2D eigenvalue weighted by Crippen LogP contribution is -2.16. The third kappa shape index (κ3) is 1.58. The van der Waals surface area contributed by atoms with Gasteiger partial charge in [-0.3, -0.25) is 0 Å². The Morgan fingerprint density at radius 2 is 2.35 bits per heavy atom. The number of hydrogen-bond acceptors (Lipinski definition) is 5. The van der Waals surface area contributed by atoms with Gasteiger partial charge in [-0.05, 0) is 18.6 Å². The van der Waals surface area contributed by atoms with Crippen LogP contribution in [0.5, 0.6) is 0 Å². The first-order valence-electron chi connectivity index (χ1n) is 5.77. The molecule has 1 aromatic heterocycles. The van der Waals surface area contributed by atoms with Crippen molar-refractivity contribution < 1.29 is 13.9 Å². The van der Waals surface area contributed by atoms with E-state index in [4.69, 9.17) is 13.9 Å². The molecule has 1 aliphatic heterocycles. The van der Waals surface area contributed by atoms with Crippen LogP contribution in [0.2, 0.25) is 0 Å². The van der Waals surface area contributed by atoms with Crippen molar-refractivity contribution in [2.75, 3.05) is 6.61 Å². The fraction of sp³-hybridized carbons (Fsp3) is 0.500. The highest BCUT2D eigenvalue weighted by Crippen LogP contribution is 2.52. The van der Waals surface area contributed by atoms with E-state index in [0.717, 1.165) is 12.2 Å². The highest BCUT2D eigenvalue weighted by Gasteiger charge is 2.63. The Morgan fingerprint density at radius 3 is 3.06 bits per heavy atom. The van der Waals surface area contributed by atoms with Gasteiger partial charge in [-0.2, -0.15) is 0 Å². The number of rotatable bonds is 4. The molecule has 1 aliphatic carbocycles. The van der Waals surface area contributed by atoms with Crippen molar-refractivity contribution in [1.29, 1.82) is 0 Å². The summed E-state index contributed by atoms with van der Waals surface area (Å²) in [5.41, 5.74) is -0.584. The molecule has 0 N–H and O–H groups in total. The SMILES string of the molecule is CCCOC1=CC=CC2(c3nnc(C)o3)OC12. The molecule has 0 aromatic carbocycles. The van der Waals surface area contributed by atoms with Gasteiger partial charge < -0.3 is 13.9 Å². The molecule has 5 heteroatoms. The molecule has 0 radical (unpaired) electrons. The van der Waals surface area contributed by atoms with E-state index in [1.54, 1.807) is 6.92 Å².